The number of oxazole rings is 1. The third-order valence-corrected chi connectivity index (χ3v) is 2.29. The van der Waals surface area contributed by atoms with E-state index in [-0.39, 0.29) is 0 Å². The maximum absolute atomic E-state index is 5.41. The van der Waals surface area contributed by atoms with E-state index in [0.29, 0.717) is 0 Å². The molecular formula is C9H14N2O. The number of hydrogen-bond donors (Lipinski definition) is 1. The predicted molar refractivity (Wildman–Crippen MR) is 45.9 cm³/mol. The number of nitrogens with one attached hydrogen (secondary N) is 1. The van der Waals surface area contributed by atoms with Gasteiger partial charge in [-0.15, -0.1) is 0 Å². The molecule has 12 heavy (non-hydrogen) atoms. The van der Waals surface area contributed by atoms with Gasteiger partial charge in [-0.1, -0.05) is 0 Å². The fraction of sp³-hybridized carbons (Fsp3) is 0.667. The Balaban J connectivity index is 1.94. The molecule has 3 heteroatoms. The Morgan fingerprint density at radius 2 is 2.67 bits per heavy atom. The van der Waals surface area contributed by atoms with E-state index in [9.17, 15) is 0 Å². The predicted octanol–water partition coefficient (Wildman–Crippen LogP) is 1.14. The van der Waals surface area contributed by atoms with Crippen molar-refractivity contribution in [2.75, 3.05) is 13.1 Å². The minimum absolute atomic E-state index is 0.725. The van der Waals surface area contributed by atoms with Crippen LogP contribution in [0.15, 0.2) is 10.6 Å². The summed E-state index contributed by atoms with van der Waals surface area (Å²) in [5, 5.41) is 3.33. The first kappa shape index (κ1) is 7.80. The first-order chi connectivity index (χ1) is 5.84. The quantitative estimate of drug-likeness (QED) is 0.715. The van der Waals surface area contributed by atoms with Crippen molar-refractivity contribution in [2.24, 2.45) is 5.92 Å². The molecule has 0 bridgehead atoms. The fourth-order valence-corrected chi connectivity index (χ4v) is 1.63. The Morgan fingerprint density at radius 1 is 1.75 bits per heavy atom. The summed E-state index contributed by atoms with van der Waals surface area (Å²) in [6, 6.07) is 0. The number of nitrogens with zero attached hydrogens (tertiary/aromatic N) is 1. The van der Waals surface area contributed by atoms with Crippen LogP contribution in [-0.4, -0.2) is 18.1 Å². The highest BCUT2D eigenvalue weighted by Crippen LogP contribution is 2.14. The second-order valence-corrected chi connectivity index (χ2v) is 3.43. The standard InChI is InChI=1S/C9H14N2O/c1-7-5-11-9(12-7)4-8-2-3-10-6-8/h5,8,10H,2-4,6H2,1H3. The SMILES string of the molecule is Cc1cnc(CC2CCNC2)o1. The Labute approximate surface area is 72.2 Å². The van der Waals surface area contributed by atoms with E-state index < -0.39 is 0 Å². The van der Waals surface area contributed by atoms with Gasteiger partial charge in [0, 0.05) is 6.42 Å². The van der Waals surface area contributed by atoms with Crippen LogP contribution >= 0.6 is 0 Å². The Morgan fingerprint density at radius 3 is 3.25 bits per heavy atom. The molecule has 66 valence electrons. The summed E-state index contributed by atoms with van der Waals surface area (Å²) < 4.78 is 5.41. The van der Waals surface area contributed by atoms with Gasteiger partial charge in [0.15, 0.2) is 5.89 Å². The van der Waals surface area contributed by atoms with Crippen LogP contribution in [0.4, 0.5) is 0 Å². The second-order valence-electron chi connectivity index (χ2n) is 3.43. The van der Waals surface area contributed by atoms with Gasteiger partial charge in [0.05, 0.1) is 6.20 Å². The van der Waals surface area contributed by atoms with Gasteiger partial charge >= 0.3 is 0 Å². The molecule has 0 aromatic carbocycles. The van der Waals surface area contributed by atoms with E-state index in [1.807, 2.05) is 6.92 Å². The lowest BCUT2D eigenvalue weighted by atomic mass is 10.1. The molecule has 1 atom stereocenters. The van der Waals surface area contributed by atoms with E-state index in [4.69, 9.17) is 4.42 Å². The molecule has 1 aliphatic rings. The first-order valence-electron chi connectivity index (χ1n) is 4.46. The summed E-state index contributed by atoms with van der Waals surface area (Å²) in [5.74, 6) is 2.53. The fourth-order valence-electron chi connectivity index (χ4n) is 1.63. The van der Waals surface area contributed by atoms with Crippen LogP contribution < -0.4 is 5.32 Å². The van der Waals surface area contributed by atoms with Crippen molar-refractivity contribution in [1.29, 1.82) is 0 Å². The second kappa shape index (κ2) is 3.27. The lowest BCUT2D eigenvalue weighted by molar-refractivity contribution is 0.428. The molecule has 3 nitrogen and oxygen atoms in total. The molecular weight excluding hydrogens is 152 g/mol. The minimum Gasteiger partial charge on any atom is -0.446 e. The highest BCUT2D eigenvalue weighted by Gasteiger charge is 2.16. The van der Waals surface area contributed by atoms with Crippen molar-refractivity contribution in [3.05, 3.63) is 17.8 Å². The van der Waals surface area contributed by atoms with Gasteiger partial charge in [0.1, 0.15) is 5.76 Å². The first-order valence-corrected chi connectivity index (χ1v) is 4.46. The van der Waals surface area contributed by atoms with Crippen molar-refractivity contribution >= 4 is 0 Å². The van der Waals surface area contributed by atoms with E-state index in [2.05, 4.69) is 10.3 Å². The van der Waals surface area contributed by atoms with Crippen molar-refractivity contribution in [3.63, 3.8) is 0 Å². The number of rotatable bonds is 2. The number of aryl methyl sites for hydroxylation is 1. The summed E-state index contributed by atoms with van der Waals surface area (Å²) in [5.41, 5.74) is 0. The van der Waals surface area contributed by atoms with Gasteiger partial charge in [-0.25, -0.2) is 4.98 Å². The third kappa shape index (κ3) is 1.67. The Kier molecular flexibility index (Phi) is 2.13. The zero-order chi connectivity index (χ0) is 8.39. The number of hydrogen-bond acceptors (Lipinski definition) is 3. The average molecular weight is 166 g/mol. The molecule has 2 rings (SSSR count). The molecule has 1 unspecified atom stereocenters. The van der Waals surface area contributed by atoms with E-state index >= 15 is 0 Å². The molecule has 1 fully saturated rings. The Bertz CT molecular complexity index is 251. The van der Waals surface area contributed by atoms with E-state index in [0.717, 1.165) is 37.1 Å². The van der Waals surface area contributed by atoms with Crippen LogP contribution in [0.3, 0.4) is 0 Å². The van der Waals surface area contributed by atoms with Crippen LogP contribution in [0.25, 0.3) is 0 Å². The van der Waals surface area contributed by atoms with Gasteiger partial charge in [-0.05, 0) is 32.4 Å². The van der Waals surface area contributed by atoms with Gasteiger partial charge in [0.25, 0.3) is 0 Å². The smallest absolute Gasteiger partial charge is 0.194 e. The molecule has 2 heterocycles. The van der Waals surface area contributed by atoms with Crippen molar-refractivity contribution in [2.45, 2.75) is 19.8 Å². The maximum Gasteiger partial charge on any atom is 0.194 e. The third-order valence-electron chi connectivity index (χ3n) is 2.29. The molecule has 0 aliphatic carbocycles. The molecule has 1 aromatic rings. The lowest BCUT2D eigenvalue weighted by Gasteiger charge is -2.02. The van der Waals surface area contributed by atoms with E-state index in [1.165, 1.54) is 6.42 Å². The van der Waals surface area contributed by atoms with Crippen LogP contribution in [0.2, 0.25) is 0 Å². The van der Waals surface area contributed by atoms with Crippen LogP contribution in [0.1, 0.15) is 18.1 Å². The summed E-state index contributed by atoms with van der Waals surface area (Å²) in [7, 11) is 0. The molecule has 0 radical (unpaired) electrons. The molecule has 1 saturated heterocycles. The monoisotopic (exact) mass is 166 g/mol. The highest BCUT2D eigenvalue weighted by atomic mass is 16.3. The molecule has 1 aliphatic heterocycles. The average Bonchev–Trinajstić information content (AvgIpc) is 2.63. The lowest BCUT2D eigenvalue weighted by Crippen LogP contribution is -2.10. The molecule has 0 spiro atoms. The molecule has 1 N–H and O–H groups in total. The van der Waals surface area contributed by atoms with Crippen LogP contribution in [-0.2, 0) is 6.42 Å². The topological polar surface area (TPSA) is 38.1 Å². The van der Waals surface area contributed by atoms with Gasteiger partial charge in [-0.2, -0.15) is 0 Å². The Hall–Kier alpha value is -0.830. The largest absolute Gasteiger partial charge is 0.446 e. The number of aromatic nitrogens is 1. The summed E-state index contributed by atoms with van der Waals surface area (Å²) >= 11 is 0. The van der Waals surface area contributed by atoms with Crippen LogP contribution in [0.5, 0.6) is 0 Å². The maximum atomic E-state index is 5.41. The van der Waals surface area contributed by atoms with Gasteiger partial charge < -0.3 is 9.73 Å². The van der Waals surface area contributed by atoms with Crippen molar-refractivity contribution < 1.29 is 4.42 Å². The zero-order valence-electron chi connectivity index (χ0n) is 7.34. The van der Waals surface area contributed by atoms with E-state index in [1.54, 1.807) is 6.20 Å². The van der Waals surface area contributed by atoms with Crippen LogP contribution in [0, 0.1) is 12.8 Å². The van der Waals surface area contributed by atoms with Gasteiger partial charge in [-0.3, -0.25) is 0 Å². The molecule has 0 amide bonds. The molecule has 0 saturated carbocycles. The summed E-state index contributed by atoms with van der Waals surface area (Å²) in [6.07, 6.45) is 4.03. The van der Waals surface area contributed by atoms with Crippen molar-refractivity contribution in [3.8, 4) is 0 Å². The minimum atomic E-state index is 0.725. The summed E-state index contributed by atoms with van der Waals surface area (Å²) in [4.78, 5) is 4.18. The molecule has 1 aromatic heterocycles. The normalized spacial score (nSPS) is 23.2. The summed E-state index contributed by atoms with van der Waals surface area (Å²) in [6.45, 7) is 4.19. The van der Waals surface area contributed by atoms with Gasteiger partial charge in [0.2, 0.25) is 0 Å². The highest BCUT2D eigenvalue weighted by molar-refractivity contribution is 4.92. The van der Waals surface area contributed by atoms with Crippen molar-refractivity contribution in [1.82, 2.24) is 10.3 Å². The zero-order valence-corrected chi connectivity index (χ0v) is 7.34.